The Morgan fingerprint density at radius 2 is 1.50 bits per heavy atom. The average Bonchev–Trinajstić information content (AvgIpc) is 2.47. The number of rotatable bonds is 8. The fourth-order valence-corrected chi connectivity index (χ4v) is 1.98. The number of carbonyl (C=O) groups excluding carboxylic acids is 1. The monoisotopic (exact) mass is 350 g/mol. The summed E-state index contributed by atoms with van der Waals surface area (Å²) >= 11 is 11.2. The normalized spacial score (nSPS) is 10.5. The largest absolute Gasteiger partial charge is 0.285 e. The minimum atomic E-state index is -0.806. The Kier molecular flexibility index (Phi) is 6.96. The molecule has 0 aromatic heterocycles. The summed E-state index contributed by atoms with van der Waals surface area (Å²) in [6.07, 6.45) is 0. The molecular weight excluding hydrogens is 339 g/mol. The molecule has 11 heteroatoms. The van der Waals surface area contributed by atoms with Crippen molar-refractivity contribution in [3.63, 3.8) is 0 Å². The first-order valence-electron chi connectivity index (χ1n) is 6.00. The van der Waals surface area contributed by atoms with Gasteiger partial charge in [-0.15, -0.1) is 23.2 Å². The quantitative estimate of drug-likeness (QED) is 0.434. The summed E-state index contributed by atoms with van der Waals surface area (Å²) < 4.78 is 0. The van der Waals surface area contributed by atoms with Crippen LogP contribution in [0.2, 0.25) is 0 Å². The molecule has 0 aliphatic rings. The molecule has 1 N–H and O–H groups in total. The van der Waals surface area contributed by atoms with Crippen LogP contribution in [0.25, 0.3) is 0 Å². The number of amides is 1. The Morgan fingerprint density at radius 1 is 1.05 bits per heavy atom. The third-order valence-corrected chi connectivity index (χ3v) is 2.89. The number of nitro groups is 2. The van der Waals surface area contributed by atoms with E-state index in [1.165, 1.54) is 5.01 Å². The van der Waals surface area contributed by atoms with E-state index >= 15 is 0 Å². The van der Waals surface area contributed by atoms with Crippen molar-refractivity contribution < 1.29 is 14.6 Å². The van der Waals surface area contributed by atoms with E-state index in [0.717, 1.165) is 18.2 Å². The molecule has 9 nitrogen and oxygen atoms in total. The van der Waals surface area contributed by atoms with Crippen LogP contribution in [0.15, 0.2) is 18.2 Å². The van der Waals surface area contributed by atoms with Gasteiger partial charge in [-0.2, -0.15) is 0 Å². The highest BCUT2D eigenvalue weighted by Crippen LogP contribution is 2.22. The zero-order valence-corrected chi connectivity index (χ0v) is 12.7. The molecule has 0 heterocycles. The number of halogens is 2. The number of nitrogens with zero attached hydrogens (tertiary/aromatic N) is 3. The van der Waals surface area contributed by atoms with Gasteiger partial charge in [0.05, 0.1) is 21.5 Å². The van der Waals surface area contributed by atoms with E-state index in [0.29, 0.717) is 13.1 Å². The van der Waals surface area contributed by atoms with Crippen molar-refractivity contribution in [2.24, 2.45) is 0 Å². The molecular formula is C11H12Cl2N4O5. The van der Waals surface area contributed by atoms with Crippen molar-refractivity contribution >= 4 is 40.5 Å². The van der Waals surface area contributed by atoms with E-state index in [1.807, 2.05) is 0 Å². The van der Waals surface area contributed by atoms with Gasteiger partial charge in [0.2, 0.25) is 0 Å². The Bertz CT molecular complexity index is 545. The molecule has 0 spiro atoms. The third kappa shape index (κ3) is 5.10. The Hall–Kier alpha value is -1.97. The highest BCUT2D eigenvalue weighted by atomic mass is 35.5. The van der Waals surface area contributed by atoms with Crippen LogP contribution in [-0.2, 0) is 0 Å². The minimum absolute atomic E-state index is 0.199. The molecule has 0 radical (unpaired) electrons. The molecule has 1 rings (SSSR count). The summed E-state index contributed by atoms with van der Waals surface area (Å²) in [5.41, 5.74) is 1.17. The molecule has 0 fully saturated rings. The lowest BCUT2D eigenvalue weighted by Gasteiger charge is -2.20. The highest BCUT2D eigenvalue weighted by molar-refractivity contribution is 6.18. The van der Waals surface area contributed by atoms with E-state index in [-0.39, 0.29) is 17.3 Å². The number of hydrogen-bond acceptors (Lipinski definition) is 6. The van der Waals surface area contributed by atoms with Crippen LogP contribution in [-0.4, -0.2) is 45.6 Å². The van der Waals surface area contributed by atoms with Gasteiger partial charge in [-0.05, 0) is 0 Å². The number of non-ortho nitro benzene ring substituents is 2. The van der Waals surface area contributed by atoms with E-state index < -0.39 is 27.1 Å². The number of carbonyl (C=O) groups is 1. The summed E-state index contributed by atoms with van der Waals surface area (Å²) in [5.74, 6) is -0.263. The summed E-state index contributed by atoms with van der Waals surface area (Å²) in [7, 11) is 0. The molecule has 0 aliphatic heterocycles. The van der Waals surface area contributed by atoms with Crippen LogP contribution in [0.4, 0.5) is 11.4 Å². The molecule has 0 aliphatic carbocycles. The van der Waals surface area contributed by atoms with Gasteiger partial charge < -0.3 is 0 Å². The predicted molar refractivity (Wildman–Crippen MR) is 80.2 cm³/mol. The van der Waals surface area contributed by atoms with Gasteiger partial charge in [0.15, 0.2) is 0 Å². The summed E-state index contributed by atoms with van der Waals surface area (Å²) in [6.45, 7) is 0.605. The van der Waals surface area contributed by atoms with Crippen LogP contribution in [0.5, 0.6) is 0 Å². The molecule has 0 saturated heterocycles. The van der Waals surface area contributed by atoms with Crippen LogP contribution in [0.1, 0.15) is 10.4 Å². The van der Waals surface area contributed by atoms with E-state index in [4.69, 9.17) is 23.2 Å². The van der Waals surface area contributed by atoms with Crippen molar-refractivity contribution in [2.45, 2.75) is 0 Å². The van der Waals surface area contributed by atoms with Crippen molar-refractivity contribution in [1.29, 1.82) is 0 Å². The molecule has 1 aromatic carbocycles. The third-order valence-electron chi connectivity index (χ3n) is 2.55. The molecule has 22 heavy (non-hydrogen) atoms. The number of nitro benzene ring substituents is 2. The molecule has 0 atom stereocenters. The SMILES string of the molecule is O=C(NN(CCCl)CCCl)c1cc([N+](=O)[O-])cc([N+](=O)[O-])c1. The molecule has 120 valence electrons. The molecule has 0 saturated carbocycles. The lowest BCUT2D eigenvalue weighted by molar-refractivity contribution is -0.394. The maximum Gasteiger partial charge on any atom is 0.277 e. The van der Waals surface area contributed by atoms with Crippen LogP contribution < -0.4 is 5.43 Å². The highest BCUT2D eigenvalue weighted by Gasteiger charge is 2.20. The van der Waals surface area contributed by atoms with Gasteiger partial charge >= 0.3 is 0 Å². The number of hydrogen-bond donors (Lipinski definition) is 1. The van der Waals surface area contributed by atoms with Gasteiger partial charge in [-0.3, -0.25) is 30.4 Å². The molecule has 0 unspecified atom stereocenters. The zero-order chi connectivity index (χ0) is 16.7. The molecule has 0 bridgehead atoms. The topological polar surface area (TPSA) is 119 Å². The summed E-state index contributed by atoms with van der Waals surface area (Å²) in [4.78, 5) is 32.0. The van der Waals surface area contributed by atoms with Crippen molar-refractivity contribution in [1.82, 2.24) is 10.4 Å². The molecule has 1 aromatic rings. The number of benzene rings is 1. The van der Waals surface area contributed by atoms with Gasteiger partial charge in [0, 0.05) is 37.0 Å². The smallest absolute Gasteiger partial charge is 0.277 e. The first kappa shape index (κ1) is 18.1. The first-order valence-corrected chi connectivity index (χ1v) is 7.07. The Morgan fingerprint density at radius 3 is 1.86 bits per heavy atom. The number of nitrogens with one attached hydrogen (secondary N) is 1. The lowest BCUT2D eigenvalue weighted by Crippen LogP contribution is -2.44. The van der Waals surface area contributed by atoms with Crippen molar-refractivity contribution in [3.05, 3.63) is 44.0 Å². The van der Waals surface area contributed by atoms with Crippen molar-refractivity contribution in [2.75, 3.05) is 24.8 Å². The standard InChI is InChI=1S/C11H12Cl2N4O5/c12-1-3-15(4-2-13)14-11(18)8-5-9(16(19)20)7-10(6-8)17(21)22/h5-7H,1-4H2,(H,14,18). The van der Waals surface area contributed by atoms with Crippen LogP contribution in [0, 0.1) is 20.2 Å². The van der Waals surface area contributed by atoms with E-state index in [1.54, 1.807) is 0 Å². The summed E-state index contributed by atoms with van der Waals surface area (Å²) in [5, 5.41) is 23.0. The van der Waals surface area contributed by atoms with Crippen molar-refractivity contribution in [3.8, 4) is 0 Å². The number of hydrazine groups is 1. The van der Waals surface area contributed by atoms with E-state index in [9.17, 15) is 25.0 Å². The molecule has 1 amide bonds. The van der Waals surface area contributed by atoms with Gasteiger partial charge in [0.1, 0.15) is 0 Å². The Balaban J connectivity index is 3.05. The van der Waals surface area contributed by atoms with Gasteiger partial charge in [-0.1, -0.05) is 0 Å². The minimum Gasteiger partial charge on any atom is -0.285 e. The maximum atomic E-state index is 12.1. The van der Waals surface area contributed by atoms with Crippen LogP contribution in [0.3, 0.4) is 0 Å². The summed E-state index contributed by atoms with van der Waals surface area (Å²) in [6, 6.07) is 2.70. The van der Waals surface area contributed by atoms with Gasteiger partial charge in [0.25, 0.3) is 17.3 Å². The second-order valence-electron chi connectivity index (χ2n) is 4.06. The zero-order valence-electron chi connectivity index (χ0n) is 11.2. The number of alkyl halides is 2. The van der Waals surface area contributed by atoms with Crippen LogP contribution >= 0.6 is 23.2 Å². The Labute approximate surface area is 135 Å². The second-order valence-corrected chi connectivity index (χ2v) is 4.81. The van der Waals surface area contributed by atoms with Gasteiger partial charge in [-0.25, -0.2) is 5.01 Å². The maximum absolute atomic E-state index is 12.1. The lowest BCUT2D eigenvalue weighted by atomic mass is 10.1. The first-order chi connectivity index (χ1) is 10.4. The fourth-order valence-electron chi connectivity index (χ4n) is 1.57. The fraction of sp³-hybridized carbons (Fsp3) is 0.364. The average molecular weight is 351 g/mol. The predicted octanol–water partition coefficient (Wildman–Crippen LogP) is 1.93. The second kappa shape index (κ2) is 8.47. The van der Waals surface area contributed by atoms with E-state index in [2.05, 4.69) is 5.43 Å².